The van der Waals surface area contributed by atoms with Gasteiger partial charge in [0.2, 0.25) is 0 Å². The van der Waals surface area contributed by atoms with E-state index in [-0.39, 0.29) is 5.38 Å². The molecule has 0 bridgehead atoms. The molecule has 0 saturated carbocycles. The highest BCUT2D eigenvalue weighted by atomic mass is 35.5. The Bertz CT molecular complexity index is 735. The Morgan fingerprint density at radius 3 is 2.43 bits per heavy atom. The van der Waals surface area contributed by atoms with Crippen molar-refractivity contribution in [2.24, 2.45) is 0 Å². The Labute approximate surface area is 129 Å². The summed E-state index contributed by atoms with van der Waals surface area (Å²) in [5.41, 5.74) is 6.60. The predicted octanol–water partition coefficient (Wildman–Crippen LogP) is 5.28. The maximum absolute atomic E-state index is 6.63. The van der Waals surface area contributed by atoms with Crippen LogP contribution < -0.4 is 0 Å². The molecule has 0 N–H and O–H groups in total. The van der Waals surface area contributed by atoms with E-state index in [0.717, 1.165) is 11.1 Å². The summed E-state index contributed by atoms with van der Waals surface area (Å²) >= 11 is 6.63. The fourth-order valence-corrected chi connectivity index (χ4v) is 3.42. The number of benzene rings is 2. The molecule has 3 aromatic rings. The van der Waals surface area contributed by atoms with Gasteiger partial charge in [-0.3, -0.25) is 0 Å². The van der Waals surface area contributed by atoms with Crippen molar-refractivity contribution in [3.8, 4) is 0 Å². The second-order valence-corrected chi connectivity index (χ2v) is 6.09. The van der Waals surface area contributed by atoms with Crippen LogP contribution in [0.5, 0.6) is 0 Å². The molecule has 1 heterocycles. The summed E-state index contributed by atoms with van der Waals surface area (Å²) in [5.74, 6) is 0.690. The van der Waals surface area contributed by atoms with Gasteiger partial charge in [-0.2, -0.15) is 0 Å². The number of aryl methyl sites for hydroxylation is 3. The molecule has 21 heavy (non-hydrogen) atoms. The minimum atomic E-state index is -0.126. The van der Waals surface area contributed by atoms with Crippen LogP contribution in [0.15, 0.2) is 40.8 Å². The topological polar surface area (TPSA) is 26.0 Å². The molecule has 1 atom stereocenters. The lowest BCUT2D eigenvalue weighted by atomic mass is 9.96. The summed E-state index contributed by atoms with van der Waals surface area (Å²) in [5, 5.41) is -0.126. The minimum absolute atomic E-state index is 0.126. The van der Waals surface area contributed by atoms with Gasteiger partial charge in [-0.15, -0.1) is 11.6 Å². The van der Waals surface area contributed by atoms with Gasteiger partial charge >= 0.3 is 0 Å². The third kappa shape index (κ3) is 2.81. The molecule has 0 amide bonds. The van der Waals surface area contributed by atoms with Crippen LogP contribution in [0.2, 0.25) is 0 Å². The zero-order valence-corrected chi connectivity index (χ0v) is 13.2. The smallest absolute Gasteiger partial charge is 0.197 e. The van der Waals surface area contributed by atoms with E-state index in [4.69, 9.17) is 16.0 Å². The van der Waals surface area contributed by atoms with Crippen LogP contribution in [-0.4, -0.2) is 4.98 Å². The first-order valence-corrected chi connectivity index (χ1v) is 7.54. The van der Waals surface area contributed by atoms with Crippen molar-refractivity contribution in [3.05, 3.63) is 64.5 Å². The molecule has 0 aliphatic carbocycles. The van der Waals surface area contributed by atoms with Gasteiger partial charge in [-0.25, -0.2) is 4.98 Å². The standard InChI is InChI=1S/C18H18ClNO/c1-11-8-12(2)18(13(3)9-11)14(19)10-17-20-15-6-4-5-7-16(15)21-17/h4-9,14H,10H2,1-3H3. The molecule has 108 valence electrons. The van der Waals surface area contributed by atoms with Crippen LogP contribution in [0.1, 0.15) is 33.5 Å². The number of nitrogens with zero attached hydrogens (tertiary/aromatic N) is 1. The Kier molecular flexibility index (Phi) is 3.73. The van der Waals surface area contributed by atoms with Gasteiger partial charge in [0, 0.05) is 6.42 Å². The maximum Gasteiger partial charge on any atom is 0.197 e. The third-order valence-electron chi connectivity index (χ3n) is 3.74. The molecular weight excluding hydrogens is 282 g/mol. The van der Waals surface area contributed by atoms with Gasteiger partial charge in [0.1, 0.15) is 5.52 Å². The number of hydrogen-bond donors (Lipinski definition) is 0. The fourth-order valence-electron chi connectivity index (χ4n) is 2.95. The number of para-hydroxylation sites is 2. The highest BCUT2D eigenvalue weighted by molar-refractivity contribution is 6.21. The van der Waals surface area contributed by atoms with Crippen LogP contribution in [0, 0.1) is 20.8 Å². The van der Waals surface area contributed by atoms with Crippen molar-refractivity contribution < 1.29 is 4.42 Å². The van der Waals surface area contributed by atoms with Gasteiger partial charge in [0.25, 0.3) is 0 Å². The van der Waals surface area contributed by atoms with Crippen LogP contribution in [0.4, 0.5) is 0 Å². The number of aromatic nitrogens is 1. The molecule has 1 unspecified atom stereocenters. The Morgan fingerprint density at radius 2 is 1.76 bits per heavy atom. The predicted molar refractivity (Wildman–Crippen MR) is 87.0 cm³/mol. The molecule has 2 aromatic carbocycles. The normalized spacial score (nSPS) is 12.8. The second kappa shape index (κ2) is 5.53. The van der Waals surface area contributed by atoms with Crippen molar-refractivity contribution >= 4 is 22.7 Å². The van der Waals surface area contributed by atoms with E-state index in [2.05, 4.69) is 37.9 Å². The molecular formula is C18H18ClNO. The summed E-state index contributed by atoms with van der Waals surface area (Å²) in [6.45, 7) is 6.32. The zero-order valence-electron chi connectivity index (χ0n) is 12.5. The lowest BCUT2D eigenvalue weighted by Crippen LogP contribution is -2.02. The molecule has 0 aliphatic rings. The van der Waals surface area contributed by atoms with Gasteiger partial charge in [-0.1, -0.05) is 29.8 Å². The number of rotatable bonds is 3. The van der Waals surface area contributed by atoms with E-state index in [9.17, 15) is 0 Å². The number of alkyl halides is 1. The number of oxazole rings is 1. The monoisotopic (exact) mass is 299 g/mol. The van der Waals surface area contributed by atoms with Crippen molar-refractivity contribution in [2.45, 2.75) is 32.6 Å². The fraction of sp³-hybridized carbons (Fsp3) is 0.278. The zero-order chi connectivity index (χ0) is 15.0. The molecule has 0 fully saturated rings. The molecule has 0 saturated heterocycles. The van der Waals surface area contributed by atoms with E-state index in [1.165, 1.54) is 22.3 Å². The lowest BCUT2D eigenvalue weighted by Gasteiger charge is -2.15. The molecule has 2 nitrogen and oxygen atoms in total. The van der Waals surface area contributed by atoms with Crippen molar-refractivity contribution in [2.75, 3.05) is 0 Å². The Balaban J connectivity index is 1.91. The minimum Gasteiger partial charge on any atom is -0.441 e. The summed E-state index contributed by atoms with van der Waals surface area (Å²) < 4.78 is 5.77. The molecule has 0 spiro atoms. The van der Waals surface area contributed by atoms with Gasteiger partial charge in [-0.05, 0) is 49.6 Å². The highest BCUT2D eigenvalue weighted by Gasteiger charge is 2.17. The van der Waals surface area contributed by atoms with Crippen molar-refractivity contribution in [1.29, 1.82) is 0 Å². The first kappa shape index (κ1) is 14.2. The summed E-state index contributed by atoms with van der Waals surface area (Å²) in [6.07, 6.45) is 0.598. The summed E-state index contributed by atoms with van der Waals surface area (Å²) in [7, 11) is 0. The SMILES string of the molecule is Cc1cc(C)c(C(Cl)Cc2nc3ccccc3o2)c(C)c1. The molecule has 0 aliphatic heterocycles. The third-order valence-corrected chi connectivity index (χ3v) is 4.12. The molecule has 3 rings (SSSR count). The average Bonchev–Trinajstić information content (AvgIpc) is 2.79. The maximum atomic E-state index is 6.63. The van der Waals surface area contributed by atoms with Gasteiger partial charge in [0.15, 0.2) is 11.5 Å². The van der Waals surface area contributed by atoms with Crippen molar-refractivity contribution in [1.82, 2.24) is 4.98 Å². The quantitative estimate of drug-likeness (QED) is 0.615. The number of halogens is 1. The number of fused-ring (bicyclic) bond motifs is 1. The van der Waals surface area contributed by atoms with Crippen LogP contribution in [0.3, 0.4) is 0 Å². The summed E-state index contributed by atoms with van der Waals surface area (Å²) in [6, 6.07) is 12.1. The Morgan fingerprint density at radius 1 is 1.10 bits per heavy atom. The lowest BCUT2D eigenvalue weighted by molar-refractivity contribution is 0.524. The first-order chi connectivity index (χ1) is 10.0. The molecule has 0 radical (unpaired) electrons. The average molecular weight is 300 g/mol. The van der Waals surface area contributed by atoms with E-state index in [1.807, 2.05) is 24.3 Å². The van der Waals surface area contributed by atoms with E-state index in [1.54, 1.807) is 0 Å². The van der Waals surface area contributed by atoms with Crippen LogP contribution in [0.25, 0.3) is 11.1 Å². The van der Waals surface area contributed by atoms with Crippen LogP contribution in [-0.2, 0) is 6.42 Å². The highest BCUT2D eigenvalue weighted by Crippen LogP contribution is 2.31. The largest absolute Gasteiger partial charge is 0.441 e. The van der Waals surface area contributed by atoms with Gasteiger partial charge < -0.3 is 4.42 Å². The molecule has 3 heteroatoms. The second-order valence-electron chi connectivity index (χ2n) is 5.56. The Hall–Kier alpha value is -1.80. The van der Waals surface area contributed by atoms with E-state index in [0.29, 0.717) is 12.3 Å². The van der Waals surface area contributed by atoms with Gasteiger partial charge in [0.05, 0.1) is 5.38 Å². The summed E-state index contributed by atoms with van der Waals surface area (Å²) in [4.78, 5) is 4.50. The van der Waals surface area contributed by atoms with Crippen molar-refractivity contribution in [3.63, 3.8) is 0 Å². The number of hydrogen-bond acceptors (Lipinski definition) is 2. The molecule has 1 aromatic heterocycles. The van der Waals surface area contributed by atoms with Crippen LogP contribution >= 0.6 is 11.6 Å². The van der Waals surface area contributed by atoms with E-state index < -0.39 is 0 Å². The first-order valence-electron chi connectivity index (χ1n) is 7.11. The van der Waals surface area contributed by atoms with E-state index >= 15 is 0 Å².